The van der Waals surface area contributed by atoms with Crippen molar-refractivity contribution < 1.29 is 9.90 Å². The van der Waals surface area contributed by atoms with Crippen LogP contribution in [0.4, 0.5) is 0 Å². The second kappa shape index (κ2) is 8.91. The van der Waals surface area contributed by atoms with E-state index in [4.69, 9.17) is 0 Å². The van der Waals surface area contributed by atoms with Crippen LogP contribution in [-0.4, -0.2) is 29.1 Å². The molecular weight excluding hydrogens is 286 g/mol. The first-order chi connectivity index (χ1) is 11.2. The van der Waals surface area contributed by atoms with Crippen molar-refractivity contribution in [1.29, 1.82) is 0 Å². The summed E-state index contributed by atoms with van der Waals surface area (Å²) in [6.07, 6.45) is 10.9. The number of nitrogens with zero attached hydrogens (tertiary/aromatic N) is 1. The van der Waals surface area contributed by atoms with Crippen LogP contribution in [0.25, 0.3) is 0 Å². The Kier molecular flexibility index (Phi) is 6.57. The van der Waals surface area contributed by atoms with Gasteiger partial charge < -0.3 is 5.11 Å². The van der Waals surface area contributed by atoms with Crippen LogP contribution in [0.1, 0.15) is 18.4 Å². The Morgan fingerprint density at radius 3 is 2.70 bits per heavy atom. The van der Waals surface area contributed by atoms with Crippen LogP contribution in [-0.2, 0) is 11.3 Å². The molecule has 23 heavy (non-hydrogen) atoms. The van der Waals surface area contributed by atoms with Crippen molar-refractivity contribution in [1.82, 2.24) is 4.90 Å². The number of benzene rings is 1. The zero-order valence-corrected chi connectivity index (χ0v) is 13.3. The average molecular weight is 309 g/mol. The average Bonchev–Trinajstić information content (AvgIpc) is 2.56. The fourth-order valence-corrected chi connectivity index (χ4v) is 2.71. The predicted molar refractivity (Wildman–Crippen MR) is 94.1 cm³/mol. The number of allylic oxidation sites excluding steroid dienone is 5. The number of carboxylic acids is 1. The highest BCUT2D eigenvalue weighted by atomic mass is 16.4. The van der Waals surface area contributed by atoms with Crippen molar-refractivity contribution in [2.75, 3.05) is 13.1 Å². The molecule has 0 saturated heterocycles. The predicted octanol–water partition coefficient (Wildman–Crippen LogP) is 3.96. The zero-order valence-electron chi connectivity index (χ0n) is 13.3. The molecule has 1 aromatic rings. The van der Waals surface area contributed by atoms with E-state index in [-0.39, 0.29) is 0 Å². The summed E-state index contributed by atoms with van der Waals surface area (Å²) in [4.78, 5) is 13.8. The normalized spacial score (nSPS) is 16.3. The lowest BCUT2D eigenvalue weighted by atomic mass is 9.96. The van der Waals surface area contributed by atoms with Gasteiger partial charge in [-0.3, -0.25) is 4.90 Å². The highest BCUT2D eigenvalue weighted by molar-refractivity contribution is 5.88. The number of rotatable bonds is 7. The van der Waals surface area contributed by atoms with E-state index >= 15 is 0 Å². The summed E-state index contributed by atoms with van der Waals surface area (Å²) in [5.74, 6) is -0.798. The Morgan fingerprint density at radius 1 is 1.22 bits per heavy atom. The van der Waals surface area contributed by atoms with Gasteiger partial charge in [0.1, 0.15) is 0 Å². The third kappa shape index (κ3) is 5.38. The maximum Gasteiger partial charge on any atom is 0.332 e. The van der Waals surface area contributed by atoms with Gasteiger partial charge in [-0.05, 0) is 18.4 Å². The number of carboxylic acid groups (broad SMARTS) is 1. The molecule has 2 rings (SSSR count). The first-order valence-corrected chi connectivity index (χ1v) is 7.85. The second-order valence-corrected chi connectivity index (χ2v) is 5.59. The highest BCUT2D eigenvalue weighted by Crippen LogP contribution is 2.23. The number of hydrogen-bond acceptors (Lipinski definition) is 2. The van der Waals surface area contributed by atoms with Gasteiger partial charge in [0, 0.05) is 19.6 Å². The molecule has 3 heteroatoms. The van der Waals surface area contributed by atoms with E-state index in [2.05, 4.69) is 23.6 Å². The lowest BCUT2D eigenvalue weighted by Crippen LogP contribution is -2.33. The molecule has 0 amide bonds. The van der Waals surface area contributed by atoms with Crippen LogP contribution in [0.2, 0.25) is 0 Å². The van der Waals surface area contributed by atoms with Crippen molar-refractivity contribution in [3.63, 3.8) is 0 Å². The van der Waals surface area contributed by atoms with Gasteiger partial charge in [0.25, 0.3) is 0 Å². The largest absolute Gasteiger partial charge is 0.478 e. The molecule has 0 spiro atoms. The van der Waals surface area contributed by atoms with Crippen LogP contribution < -0.4 is 0 Å². The van der Waals surface area contributed by atoms with Crippen molar-refractivity contribution in [2.45, 2.75) is 19.4 Å². The lowest BCUT2D eigenvalue weighted by Gasteiger charge is -2.29. The molecule has 0 bridgehead atoms. The molecule has 3 nitrogen and oxygen atoms in total. The minimum atomic E-state index is -0.798. The summed E-state index contributed by atoms with van der Waals surface area (Å²) in [7, 11) is 0. The van der Waals surface area contributed by atoms with Gasteiger partial charge in [0.15, 0.2) is 0 Å². The van der Waals surface area contributed by atoms with E-state index in [1.807, 2.05) is 42.5 Å². The van der Waals surface area contributed by atoms with Crippen LogP contribution >= 0.6 is 0 Å². The number of aliphatic carboxylic acids is 1. The van der Waals surface area contributed by atoms with Gasteiger partial charge in [-0.25, -0.2) is 4.79 Å². The highest BCUT2D eigenvalue weighted by Gasteiger charge is 2.22. The molecule has 0 unspecified atom stereocenters. The summed E-state index contributed by atoms with van der Waals surface area (Å²) in [5.41, 5.74) is 2.80. The van der Waals surface area contributed by atoms with Gasteiger partial charge in [-0.2, -0.15) is 0 Å². The molecule has 0 aliphatic carbocycles. The van der Waals surface area contributed by atoms with Crippen molar-refractivity contribution in [3.8, 4) is 0 Å². The Bertz CT molecular complexity index is 626. The van der Waals surface area contributed by atoms with Gasteiger partial charge in [-0.1, -0.05) is 72.9 Å². The fourth-order valence-electron chi connectivity index (χ4n) is 2.71. The van der Waals surface area contributed by atoms with E-state index in [9.17, 15) is 9.90 Å². The monoisotopic (exact) mass is 309 g/mol. The van der Waals surface area contributed by atoms with Gasteiger partial charge >= 0.3 is 5.97 Å². The summed E-state index contributed by atoms with van der Waals surface area (Å²) in [6.45, 7) is 5.82. The molecule has 1 aromatic carbocycles. The van der Waals surface area contributed by atoms with Gasteiger partial charge in [-0.15, -0.1) is 0 Å². The molecule has 0 radical (unpaired) electrons. The van der Waals surface area contributed by atoms with E-state index < -0.39 is 5.97 Å². The van der Waals surface area contributed by atoms with E-state index in [0.29, 0.717) is 18.5 Å². The Hall–Kier alpha value is -2.39. The molecule has 120 valence electrons. The lowest BCUT2D eigenvalue weighted by molar-refractivity contribution is -0.133. The summed E-state index contributed by atoms with van der Waals surface area (Å²) >= 11 is 0. The molecule has 1 aliphatic rings. The molecule has 1 aliphatic heterocycles. The smallest absolute Gasteiger partial charge is 0.332 e. The first-order valence-electron chi connectivity index (χ1n) is 7.85. The van der Waals surface area contributed by atoms with Gasteiger partial charge in [0.05, 0.1) is 5.57 Å². The van der Waals surface area contributed by atoms with Crippen LogP contribution in [0, 0.1) is 0 Å². The van der Waals surface area contributed by atoms with Crippen LogP contribution in [0.15, 0.2) is 78.4 Å². The Balaban J connectivity index is 2.02. The molecule has 0 saturated carbocycles. The topological polar surface area (TPSA) is 40.5 Å². The quantitative estimate of drug-likeness (QED) is 0.775. The number of carbonyl (C=O) groups is 1. The molecule has 0 atom stereocenters. The third-order valence-electron chi connectivity index (χ3n) is 3.90. The van der Waals surface area contributed by atoms with Crippen LogP contribution in [0.5, 0.6) is 0 Å². The minimum Gasteiger partial charge on any atom is -0.478 e. The number of hydrogen-bond donors (Lipinski definition) is 1. The van der Waals surface area contributed by atoms with Crippen molar-refractivity contribution in [2.24, 2.45) is 0 Å². The summed E-state index contributed by atoms with van der Waals surface area (Å²) < 4.78 is 0. The van der Waals surface area contributed by atoms with Crippen molar-refractivity contribution >= 4 is 5.97 Å². The zero-order chi connectivity index (χ0) is 16.5. The maximum atomic E-state index is 11.6. The Morgan fingerprint density at radius 2 is 2.00 bits per heavy atom. The molecule has 1 heterocycles. The molecule has 1 N–H and O–H groups in total. The fraction of sp³-hybridized carbons (Fsp3) is 0.250. The molecular formula is C20H23NO2. The van der Waals surface area contributed by atoms with Gasteiger partial charge in [0.2, 0.25) is 0 Å². The first kappa shape index (κ1) is 17.0. The molecule has 0 aromatic heterocycles. The van der Waals surface area contributed by atoms with Crippen molar-refractivity contribution in [3.05, 3.63) is 84.0 Å². The minimum absolute atomic E-state index is 0.510. The van der Waals surface area contributed by atoms with Crippen LogP contribution in [0.3, 0.4) is 0 Å². The molecule has 0 fully saturated rings. The third-order valence-corrected chi connectivity index (χ3v) is 3.90. The summed E-state index contributed by atoms with van der Waals surface area (Å²) in [5, 5.41) is 9.50. The maximum absolute atomic E-state index is 11.6. The van der Waals surface area contributed by atoms with E-state index in [0.717, 1.165) is 25.1 Å². The Labute approximate surface area is 137 Å². The second-order valence-electron chi connectivity index (χ2n) is 5.59. The van der Waals surface area contributed by atoms with E-state index in [1.165, 1.54) is 5.56 Å². The summed E-state index contributed by atoms with van der Waals surface area (Å²) in [6, 6.07) is 10.2. The standard InChI is InChI=1S/C20H23NO2/c1-2-3-4-5-9-12-18-13-14-21(16-19(18)20(22)23)15-17-10-7-6-8-11-17/h2-11H,1,12-16H2,(H,22,23)/b4-3-,9-5-. The van der Waals surface area contributed by atoms with E-state index in [1.54, 1.807) is 6.08 Å². The SMILES string of the molecule is C=C/C=C\C=C/CC1=C(C(=O)O)CN(Cc2ccccc2)CC1.